The molecule has 2 aliphatic rings. The fourth-order valence-electron chi connectivity index (χ4n) is 2.20. The highest BCUT2D eigenvalue weighted by Crippen LogP contribution is 2.36. The maximum Gasteiger partial charge on any atom is 0.165 e. The number of fused-ring (bicyclic) bond motifs is 1. The van der Waals surface area contributed by atoms with Crippen molar-refractivity contribution >= 4 is 28.5 Å². The molecule has 0 bridgehead atoms. The lowest BCUT2D eigenvalue weighted by molar-refractivity contribution is 0.527. The third-order valence-electron chi connectivity index (χ3n) is 3.16. The highest BCUT2D eigenvalue weighted by Gasteiger charge is 2.33. The second-order valence-electron chi connectivity index (χ2n) is 4.28. The van der Waals surface area contributed by atoms with Crippen LogP contribution in [0, 0.1) is 11.3 Å². The number of halogens is 1. The van der Waals surface area contributed by atoms with E-state index in [-0.39, 0.29) is 6.04 Å². The SMILES string of the molecule is N#CC1=C(N)N2CCSC2=NC1c1ccc(Cl)cc1. The Morgan fingerprint density at radius 3 is 2.84 bits per heavy atom. The van der Waals surface area contributed by atoms with Gasteiger partial charge in [0.1, 0.15) is 17.9 Å². The largest absolute Gasteiger partial charge is 0.384 e. The summed E-state index contributed by atoms with van der Waals surface area (Å²) in [6.07, 6.45) is 0. The van der Waals surface area contributed by atoms with Gasteiger partial charge in [-0.15, -0.1) is 0 Å². The van der Waals surface area contributed by atoms with Crippen LogP contribution in [-0.2, 0) is 0 Å². The Kier molecular flexibility index (Phi) is 3.13. The second-order valence-corrected chi connectivity index (χ2v) is 5.78. The van der Waals surface area contributed by atoms with Crippen molar-refractivity contribution in [2.75, 3.05) is 12.3 Å². The van der Waals surface area contributed by atoms with Crippen molar-refractivity contribution < 1.29 is 0 Å². The van der Waals surface area contributed by atoms with Crippen molar-refractivity contribution in [1.29, 1.82) is 5.26 Å². The van der Waals surface area contributed by atoms with E-state index < -0.39 is 0 Å². The lowest BCUT2D eigenvalue weighted by Crippen LogP contribution is -2.34. The van der Waals surface area contributed by atoms with E-state index in [0.717, 1.165) is 23.0 Å². The summed E-state index contributed by atoms with van der Waals surface area (Å²) in [7, 11) is 0. The summed E-state index contributed by atoms with van der Waals surface area (Å²) >= 11 is 7.56. The predicted octanol–water partition coefficient (Wildman–Crippen LogP) is 2.49. The van der Waals surface area contributed by atoms with E-state index >= 15 is 0 Å². The van der Waals surface area contributed by atoms with Gasteiger partial charge in [-0.2, -0.15) is 5.26 Å². The number of hydrogen-bond acceptors (Lipinski definition) is 5. The molecular formula is C13H11ClN4S. The topological polar surface area (TPSA) is 65.4 Å². The van der Waals surface area contributed by atoms with E-state index in [1.807, 2.05) is 17.0 Å². The van der Waals surface area contributed by atoms with E-state index in [4.69, 9.17) is 17.3 Å². The van der Waals surface area contributed by atoms with Gasteiger partial charge in [-0.05, 0) is 17.7 Å². The van der Waals surface area contributed by atoms with Crippen LogP contribution in [-0.4, -0.2) is 22.4 Å². The number of nitriles is 1. The summed E-state index contributed by atoms with van der Waals surface area (Å²) in [5, 5.41) is 10.9. The summed E-state index contributed by atoms with van der Waals surface area (Å²) in [4.78, 5) is 6.56. The molecule has 1 atom stereocenters. The van der Waals surface area contributed by atoms with Gasteiger partial charge in [0, 0.05) is 17.3 Å². The number of thioether (sulfide) groups is 1. The fourth-order valence-corrected chi connectivity index (χ4v) is 3.31. The van der Waals surface area contributed by atoms with E-state index in [9.17, 15) is 5.26 Å². The van der Waals surface area contributed by atoms with E-state index in [1.165, 1.54) is 0 Å². The average Bonchev–Trinajstić information content (AvgIpc) is 2.88. The first-order valence-electron chi connectivity index (χ1n) is 5.84. The first-order valence-corrected chi connectivity index (χ1v) is 7.20. The number of nitrogens with two attached hydrogens (primary N) is 1. The Hall–Kier alpha value is -1.64. The molecular weight excluding hydrogens is 280 g/mol. The summed E-state index contributed by atoms with van der Waals surface area (Å²) in [5.74, 6) is 1.48. The van der Waals surface area contributed by atoms with Gasteiger partial charge in [0.15, 0.2) is 5.17 Å². The molecule has 1 aromatic rings. The predicted molar refractivity (Wildman–Crippen MR) is 77.6 cm³/mol. The lowest BCUT2D eigenvalue weighted by atomic mass is 9.99. The Morgan fingerprint density at radius 1 is 1.42 bits per heavy atom. The quantitative estimate of drug-likeness (QED) is 0.863. The summed E-state index contributed by atoms with van der Waals surface area (Å²) < 4.78 is 0. The van der Waals surface area contributed by atoms with Gasteiger partial charge in [0.25, 0.3) is 0 Å². The molecule has 0 aromatic heterocycles. The van der Waals surface area contributed by atoms with Gasteiger partial charge in [-0.1, -0.05) is 35.5 Å². The minimum absolute atomic E-state index is 0.320. The van der Waals surface area contributed by atoms with Crippen LogP contribution in [0.3, 0.4) is 0 Å². The maximum absolute atomic E-state index is 9.35. The monoisotopic (exact) mass is 290 g/mol. The van der Waals surface area contributed by atoms with Gasteiger partial charge in [-0.3, -0.25) is 0 Å². The van der Waals surface area contributed by atoms with Crippen LogP contribution in [0.2, 0.25) is 5.02 Å². The van der Waals surface area contributed by atoms with Crippen LogP contribution >= 0.6 is 23.4 Å². The highest BCUT2D eigenvalue weighted by molar-refractivity contribution is 8.14. The van der Waals surface area contributed by atoms with Crippen LogP contribution in [0.4, 0.5) is 0 Å². The van der Waals surface area contributed by atoms with Crippen LogP contribution in [0.25, 0.3) is 0 Å². The Balaban J connectivity index is 2.07. The van der Waals surface area contributed by atoms with Crippen molar-refractivity contribution in [3.05, 3.63) is 46.2 Å². The minimum atomic E-state index is -0.320. The van der Waals surface area contributed by atoms with Crippen molar-refractivity contribution in [3.63, 3.8) is 0 Å². The lowest BCUT2D eigenvalue weighted by Gasteiger charge is -2.27. The van der Waals surface area contributed by atoms with E-state index in [2.05, 4.69) is 11.1 Å². The van der Waals surface area contributed by atoms with E-state index in [1.54, 1.807) is 23.9 Å². The minimum Gasteiger partial charge on any atom is -0.384 e. The third-order valence-corrected chi connectivity index (χ3v) is 4.39. The van der Waals surface area contributed by atoms with E-state index in [0.29, 0.717) is 16.4 Å². The number of nitrogens with zero attached hydrogens (tertiary/aromatic N) is 3. The Labute approximate surface area is 120 Å². The van der Waals surface area contributed by atoms with Crippen LogP contribution in [0.5, 0.6) is 0 Å². The zero-order chi connectivity index (χ0) is 13.4. The molecule has 96 valence electrons. The smallest absolute Gasteiger partial charge is 0.165 e. The molecule has 3 rings (SSSR count). The van der Waals surface area contributed by atoms with Gasteiger partial charge in [-0.25, -0.2) is 4.99 Å². The number of hydrogen-bond donors (Lipinski definition) is 1. The van der Waals surface area contributed by atoms with Crippen molar-refractivity contribution in [3.8, 4) is 6.07 Å². The summed E-state index contributed by atoms with van der Waals surface area (Å²) in [6.45, 7) is 0.813. The van der Waals surface area contributed by atoms with Crippen LogP contribution < -0.4 is 5.73 Å². The number of benzene rings is 1. The van der Waals surface area contributed by atoms with Crippen LogP contribution in [0.1, 0.15) is 11.6 Å². The molecule has 4 nitrogen and oxygen atoms in total. The van der Waals surface area contributed by atoms with Gasteiger partial charge in [0.05, 0.1) is 5.57 Å². The molecule has 1 fully saturated rings. The fraction of sp³-hybridized carbons (Fsp3) is 0.231. The van der Waals surface area contributed by atoms with Gasteiger partial charge >= 0.3 is 0 Å². The molecule has 2 heterocycles. The standard InChI is InChI=1S/C13H11ClN4S/c14-9-3-1-8(2-4-9)11-10(7-15)12(16)18-5-6-19-13(18)17-11/h1-4,11H,5-6,16H2. The average molecular weight is 291 g/mol. The molecule has 6 heteroatoms. The number of amidine groups is 1. The molecule has 0 amide bonds. The van der Waals surface area contributed by atoms with Crippen molar-refractivity contribution in [1.82, 2.24) is 4.90 Å². The molecule has 19 heavy (non-hydrogen) atoms. The summed E-state index contributed by atoms with van der Waals surface area (Å²) in [6, 6.07) is 9.25. The molecule has 1 unspecified atom stereocenters. The first-order chi connectivity index (χ1) is 9.20. The zero-order valence-corrected chi connectivity index (χ0v) is 11.6. The Bertz CT molecular complexity index is 615. The first kappa shape index (κ1) is 12.4. The molecule has 2 aliphatic heterocycles. The van der Waals surface area contributed by atoms with Crippen molar-refractivity contribution in [2.45, 2.75) is 6.04 Å². The highest BCUT2D eigenvalue weighted by atomic mass is 35.5. The molecule has 0 saturated carbocycles. The molecule has 0 spiro atoms. The molecule has 2 N–H and O–H groups in total. The molecule has 1 saturated heterocycles. The Morgan fingerprint density at radius 2 is 2.16 bits per heavy atom. The second kappa shape index (κ2) is 4.80. The van der Waals surface area contributed by atoms with Crippen molar-refractivity contribution in [2.24, 2.45) is 10.7 Å². The normalized spacial score (nSPS) is 22.0. The zero-order valence-electron chi connectivity index (χ0n) is 10.0. The maximum atomic E-state index is 9.35. The molecule has 1 aromatic carbocycles. The number of rotatable bonds is 1. The van der Waals surface area contributed by atoms with Gasteiger partial charge in [0.2, 0.25) is 0 Å². The molecule has 0 radical (unpaired) electrons. The number of aliphatic imine (C=N–C) groups is 1. The van der Waals surface area contributed by atoms with Gasteiger partial charge < -0.3 is 10.6 Å². The molecule has 0 aliphatic carbocycles. The van der Waals surface area contributed by atoms with Crippen LogP contribution in [0.15, 0.2) is 40.7 Å². The summed E-state index contributed by atoms with van der Waals surface area (Å²) in [5.41, 5.74) is 7.54. The third kappa shape index (κ3) is 2.07.